The molecule has 0 aliphatic heterocycles. The maximum absolute atomic E-state index is 13.5. The molecule has 0 bridgehead atoms. The molecule has 448 valence electrons. The van der Waals surface area contributed by atoms with Crippen molar-refractivity contribution < 1.29 is 37.3 Å². The Kier molecular flexibility index (Phi) is 54.5. The second kappa shape index (κ2) is 56.9. The van der Waals surface area contributed by atoms with E-state index in [2.05, 4.69) is 123 Å². The molecule has 1 amide bonds. The highest BCUT2D eigenvalue weighted by Gasteiger charge is 2.30. The molecule has 9 nitrogen and oxygen atoms in total. The summed E-state index contributed by atoms with van der Waals surface area (Å²) in [6.07, 6.45) is 78.0. The molecule has 0 aliphatic carbocycles. The minimum absolute atomic E-state index is 0.0300. The predicted octanol–water partition coefficient (Wildman–Crippen LogP) is 19.7. The van der Waals surface area contributed by atoms with E-state index in [1.54, 1.807) is 0 Å². The van der Waals surface area contributed by atoms with Gasteiger partial charge in [-0.05, 0) is 109 Å². The molecule has 0 aliphatic rings. The summed E-state index contributed by atoms with van der Waals surface area (Å²) in [4.78, 5) is 37.7. The minimum atomic E-state index is -4.46. The Balaban J connectivity index is 5.24. The third-order valence-corrected chi connectivity index (χ3v) is 14.5. The van der Waals surface area contributed by atoms with E-state index in [1.165, 1.54) is 77.0 Å². The van der Waals surface area contributed by atoms with Crippen molar-refractivity contribution in [3.63, 3.8) is 0 Å². The summed E-state index contributed by atoms with van der Waals surface area (Å²) in [5.74, 6) is -0.540. The number of hydrogen-bond acceptors (Lipinski definition) is 6. The van der Waals surface area contributed by atoms with Crippen LogP contribution >= 0.6 is 7.82 Å². The van der Waals surface area contributed by atoms with Crippen molar-refractivity contribution in [3.8, 4) is 0 Å². The lowest BCUT2D eigenvalue weighted by Crippen LogP contribution is -2.47. The van der Waals surface area contributed by atoms with Crippen LogP contribution in [0.1, 0.15) is 258 Å². The molecular formula is C68H120N2O7P+. The van der Waals surface area contributed by atoms with Crippen LogP contribution in [-0.4, -0.2) is 74.3 Å². The van der Waals surface area contributed by atoms with Gasteiger partial charge in [0.2, 0.25) is 5.91 Å². The molecule has 0 aromatic heterocycles. The number of phosphoric acid groups is 1. The van der Waals surface area contributed by atoms with Crippen LogP contribution in [0.25, 0.3) is 0 Å². The summed E-state index contributed by atoms with van der Waals surface area (Å²) < 4.78 is 30.7. The molecule has 3 atom stereocenters. The van der Waals surface area contributed by atoms with E-state index in [0.717, 1.165) is 141 Å². The number of carbonyl (C=O) groups excluding carboxylic acids is 2. The van der Waals surface area contributed by atoms with Gasteiger partial charge in [-0.15, -0.1) is 0 Å². The molecule has 0 heterocycles. The summed E-state index contributed by atoms with van der Waals surface area (Å²) >= 11 is 0. The lowest BCUT2D eigenvalue weighted by Gasteiger charge is -2.27. The first kappa shape index (κ1) is 74.7. The average Bonchev–Trinajstić information content (AvgIpc) is 3.40. The summed E-state index contributed by atoms with van der Waals surface area (Å²) in [7, 11) is 1.47. The number of amides is 1. The third kappa shape index (κ3) is 57.4. The standard InChI is InChI=1S/C68H119N2O7P/c1-7-10-13-16-19-22-25-28-30-31-32-33-34-35-36-37-38-39-41-43-46-49-52-55-58-61-68(72)77-66(59-56-53-50-47-44-27-24-21-18-15-12-9-3)65(64-76-78(73,74)75-63-62-70(4,5)6)69-67(71)60-57-54-51-48-45-42-40-29-26-23-20-17-14-11-8-2/h10,13,19-20,22-23,26,28-30,32-33,35-36,38-39,56,59,65-66H,7-9,11-12,14-18,21,24-25,27,31,34,37,40-55,57-58,60-64H2,1-6H3,(H-,69,71,73,74)/p+1/b13-10-,22-19-,23-20+,29-26+,30-28-,33-32-,36-35-,39-38-,59-56-. The largest absolute Gasteiger partial charge is 0.472 e. The molecule has 0 aromatic rings. The molecule has 0 saturated heterocycles. The molecule has 78 heavy (non-hydrogen) atoms. The molecule has 10 heteroatoms. The molecule has 0 aromatic carbocycles. The minimum Gasteiger partial charge on any atom is -0.456 e. The Morgan fingerprint density at radius 3 is 1.33 bits per heavy atom. The first-order valence-corrected chi connectivity index (χ1v) is 33.2. The smallest absolute Gasteiger partial charge is 0.456 e. The van der Waals surface area contributed by atoms with Crippen molar-refractivity contribution in [1.29, 1.82) is 0 Å². The lowest BCUT2D eigenvalue weighted by atomic mass is 10.0. The Bertz CT molecular complexity index is 1700. The van der Waals surface area contributed by atoms with Gasteiger partial charge in [0, 0.05) is 12.8 Å². The van der Waals surface area contributed by atoms with Gasteiger partial charge in [-0.25, -0.2) is 4.57 Å². The summed E-state index contributed by atoms with van der Waals surface area (Å²) in [6, 6.07) is -0.867. The van der Waals surface area contributed by atoms with Crippen molar-refractivity contribution in [3.05, 3.63) is 109 Å². The van der Waals surface area contributed by atoms with Crippen LogP contribution < -0.4 is 5.32 Å². The topological polar surface area (TPSA) is 111 Å². The highest BCUT2D eigenvalue weighted by Crippen LogP contribution is 2.43. The number of ether oxygens (including phenoxy) is 1. The van der Waals surface area contributed by atoms with Crippen LogP contribution in [0.15, 0.2) is 109 Å². The number of nitrogens with zero attached hydrogens (tertiary/aromatic N) is 1. The van der Waals surface area contributed by atoms with Crippen LogP contribution in [0.2, 0.25) is 0 Å². The SMILES string of the molecule is CC/C=C\C/C=C\C/C=C\C/C=C\C/C=C\C/C=C\CCCCCCCCC(=O)OC(/C=C\CCCCCCCCCCCC)C(COP(=O)(O)OCC[N+](C)(C)C)NC(=O)CCCCCCCC/C=C/C=C/CCCCC. The van der Waals surface area contributed by atoms with E-state index in [4.69, 9.17) is 13.8 Å². The van der Waals surface area contributed by atoms with Crippen LogP contribution in [0.3, 0.4) is 0 Å². The number of unbranched alkanes of at least 4 members (excludes halogenated alkanes) is 25. The zero-order chi connectivity index (χ0) is 57.2. The van der Waals surface area contributed by atoms with Gasteiger partial charge in [0.1, 0.15) is 19.3 Å². The molecule has 0 rings (SSSR count). The predicted molar refractivity (Wildman–Crippen MR) is 337 cm³/mol. The van der Waals surface area contributed by atoms with E-state index in [-0.39, 0.29) is 31.5 Å². The zero-order valence-corrected chi connectivity index (χ0v) is 52.0. The maximum atomic E-state index is 13.5. The Hall–Kier alpha value is -3.33. The van der Waals surface area contributed by atoms with Gasteiger partial charge in [0.15, 0.2) is 0 Å². The second-order valence-corrected chi connectivity index (χ2v) is 23.7. The van der Waals surface area contributed by atoms with Crippen molar-refractivity contribution in [2.75, 3.05) is 40.9 Å². The highest BCUT2D eigenvalue weighted by atomic mass is 31.2. The number of allylic oxidation sites excluding steroid dienone is 17. The van der Waals surface area contributed by atoms with Gasteiger partial charge in [0.05, 0.1) is 33.8 Å². The van der Waals surface area contributed by atoms with Crippen LogP contribution in [0.5, 0.6) is 0 Å². The fourth-order valence-corrected chi connectivity index (χ4v) is 9.32. The normalized spacial score (nSPS) is 14.4. The van der Waals surface area contributed by atoms with E-state index in [1.807, 2.05) is 33.3 Å². The van der Waals surface area contributed by atoms with Gasteiger partial charge in [-0.2, -0.15) is 0 Å². The van der Waals surface area contributed by atoms with Gasteiger partial charge in [-0.3, -0.25) is 18.6 Å². The monoisotopic (exact) mass is 1110 g/mol. The Morgan fingerprint density at radius 2 is 0.859 bits per heavy atom. The summed E-state index contributed by atoms with van der Waals surface area (Å²) in [5.41, 5.74) is 0. The van der Waals surface area contributed by atoms with Gasteiger partial charge in [-0.1, -0.05) is 246 Å². The van der Waals surface area contributed by atoms with Crippen LogP contribution in [-0.2, 0) is 27.9 Å². The molecule has 0 radical (unpaired) electrons. The Labute approximate surface area is 481 Å². The number of nitrogens with one attached hydrogen (secondary N) is 1. The summed E-state index contributed by atoms with van der Waals surface area (Å²) in [5, 5.41) is 3.04. The summed E-state index contributed by atoms with van der Waals surface area (Å²) in [6.45, 7) is 6.84. The van der Waals surface area contributed by atoms with E-state index < -0.39 is 20.0 Å². The second-order valence-electron chi connectivity index (χ2n) is 22.2. The first-order chi connectivity index (χ1) is 37.9. The number of hydrogen-bond donors (Lipinski definition) is 2. The fraction of sp³-hybridized carbons (Fsp3) is 0.706. The number of esters is 1. The quantitative estimate of drug-likeness (QED) is 0.0156. The average molecular weight is 1110 g/mol. The molecule has 0 spiro atoms. The molecule has 0 fully saturated rings. The number of rotatable bonds is 56. The first-order valence-electron chi connectivity index (χ1n) is 31.7. The van der Waals surface area contributed by atoms with Crippen LogP contribution in [0, 0.1) is 0 Å². The Morgan fingerprint density at radius 1 is 0.474 bits per heavy atom. The molecule has 0 saturated carbocycles. The van der Waals surface area contributed by atoms with E-state index in [0.29, 0.717) is 23.9 Å². The van der Waals surface area contributed by atoms with Crippen molar-refractivity contribution in [2.24, 2.45) is 0 Å². The van der Waals surface area contributed by atoms with Gasteiger partial charge in [0.25, 0.3) is 0 Å². The molecule has 3 unspecified atom stereocenters. The zero-order valence-electron chi connectivity index (χ0n) is 51.1. The maximum Gasteiger partial charge on any atom is 0.472 e. The van der Waals surface area contributed by atoms with Gasteiger partial charge >= 0.3 is 13.8 Å². The van der Waals surface area contributed by atoms with Crippen LogP contribution in [0.4, 0.5) is 0 Å². The highest BCUT2D eigenvalue weighted by molar-refractivity contribution is 7.47. The molecular weight excluding hydrogens is 988 g/mol. The van der Waals surface area contributed by atoms with Crippen molar-refractivity contribution >= 4 is 19.7 Å². The van der Waals surface area contributed by atoms with E-state index in [9.17, 15) is 19.0 Å². The number of carbonyl (C=O) groups is 2. The number of likely N-dealkylation sites (N-methyl/N-ethyl adjacent to an activating group) is 1. The number of phosphoric ester groups is 1. The molecule has 2 N–H and O–H groups in total. The number of quaternary nitrogens is 1. The van der Waals surface area contributed by atoms with Crippen molar-refractivity contribution in [2.45, 2.75) is 270 Å². The van der Waals surface area contributed by atoms with Crippen molar-refractivity contribution in [1.82, 2.24) is 5.32 Å². The lowest BCUT2D eigenvalue weighted by molar-refractivity contribution is -0.870. The fourth-order valence-electron chi connectivity index (χ4n) is 8.58. The third-order valence-electron chi connectivity index (χ3n) is 13.5. The van der Waals surface area contributed by atoms with E-state index >= 15 is 0 Å². The van der Waals surface area contributed by atoms with Gasteiger partial charge < -0.3 is 19.4 Å².